The van der Waals surface area contributed by atoms with Gasteiger partial charge in [-0.1, -0.05) is 30.3 Å². The molecule has 0 aromatic heterocycles. The van der Waals surface area contributed by atoms with Crippen molar-refractivity contribution < 1.29 is 9.53 Å². The summed E-state index contributed by atoms with van der Waals surface area (Å²) in [5.74, 6) is 0. The lowest BCUT2D eigenvalue weighted by Crippen LogP contribution is -2.47. The molecular weight excluding hydrogens is 292 g/mol. The van der Waals surface area contributed by atoms with Crippen LogP contribution in [0.25, 0.3) is 16.0 Å². The number of ether oxygens (including phenoxy) is 1. The van der Waals surface area contributed by atoms with E-state index in [1.165, 1.54) is 16.9 Å². The molecule has 1 heterocycles. The summed E-state index contributed by atoms with van der Waals surface area (Å²) in [4.78, 5) is 15.7. The lowest BCUT2D eigenvalue weighted by Gasteiger charge is -2.37. The topological polar surface area (TPSA) is 88.2 Å². The molecule has 0 N–H and O–H groups in total. The molecule has 1 fully saturated rings. The number of hydrogen-bond donors (Lipinski definition) is 0. The number of carbonyl (C=O) groups is 1. The first-order valence-corrected chi connectivity index (χ1v) is 7.89. The third kappa shape index (κ3) is 7.06. The summed E-state index contributed by atoms with van der Waals surface area (Å²) in [6, 6.07) is 10.6. The fourth-order valence-corrected chi connectivity index (χ4v) is 2.66. The molecule has 0 spiro atoms. The molecule has 6 nitrogen and oxygen atoms in total. The summed E-state index contributed by atoms with van der Waals surface area (Å²) in [5.41, 5.74) is 14.4. The maximum atomic E-state index is 12.3. The van der Waals surface area contributed by atoms with Gasteiger partial charge in [-0.15, -0.1) is 0 Å². The summed E-state index contributed by atoms with van der Waals surface area (Å²) < 4.78 is 5.53. The Hall–Kier alpha value is -2.20. The number of benzene rings is 1. The third-order valence-corrected chi connectivity index (χ3v) is 3.57. The van der Waals surface area contributed by atoms with Crippen molar-refractivity contribution in [3.05, 3.63) is 51.9 Å². The average Bonchev–Trinajstić information content (AvgIpc) is 2.48. The standard InChI is InChI=1S/C17H25NO2.N3/c1-17(2,3)20-16(19)18-12-8-7-11-15(18)13-14-9-5-4-6-10-14;1-3-2/h4-6,9-10,15H,7-8,11-13H2,1-3H3;/q;-1. The summed E-state index contributed by atoms with van der Waals surface area (Å²) in [7, 11) is 0. The fourth-order valence-electron chi connectivity index (χ4n) is 2.66. The second-order valence-electron chi connectivity index (χ2n) is 6.60. The molecule has 23 heavy (non-hydrogen) atoms. The van der Waals surface area contributed by atoms with E-state index in [2.05, 4.69) is 24.3 Å². The highest BCUT2D eigenvalue weighted by Crippen LogP contribution is 2.23. The Morgan fingerprint density at radius 3 is 2.43 bits per heavy atom. The van der Waals surface area contributed by atoms with Gasteiger partial charge in [-0.2, -0.15) is 0 Å². The molecule has 0 saturated carbocycles. The number of amides is 1. The van der Waals surface area contributed by atoms with E-state index in [4.69, 9.17) is 15.8 Å². The van der Waals surface area contributed by atoms with Gasteiger partial charge in [0.1, 0.15) is 5.60 Å². The first kappa shape index (κ1) is 18.8. The van der Waals surface area contributed by atoms with Gasteiger partial charge in [0.15, 0.2) is 0 Å². The van der Waals surface area contributed by atoms with Crippen molar-refractivity contribution in [1.82, 2.24) is 4.90 Å². The van der Waals surface area contributed by atoms with Crippen LogP contribution in [0.3, 0.4) is 0 Å². The molecule has 1 aliphatic rings. The highest BCUT2D eigenvalue weighted by atomic mass is 16.6. The van der Waals surface area contributed by atoms with Crippen LogP contribution in [0.5, 0.6) is 0 Å². The van der Waals surface area contributed by atoms with Crippen LogP contribution in [0.15, 0.2) is 30.3 Å². The molecule has 1 amide bonds. The minimum absolute atomic E-state index is 0.168. The van der Waals surface area contributed by atoms with E-state index in [9.17, 15) is 4.79 Å². The van der Waals surface area contributed by atoms with Gasteiger partial charge in [-0.3, -0.25) is 4.91 Å². The lowest BCUT2D eigenvalue weighted by molar-refractivity contribution is 0.00995. The third-order valence-electron chi connectivity index (χ3n) is 3.57. The number of hydrogen-bond acceptors (Lipinski definition) is 2. The minimum atomic E-state index is -0.425. The van der Waals surface area contributed by atoms with E-state index < -0.39 is 5.60 Å². The average molecular weight is 317 g/mol. The Kier molecular flexibility index (Phi) is 7.42. The van der Waals surface area contributed by atoms with Gasteiger partial charge in [-0.05, 0) is 52.0 Å². The quantitative estimate of drug-likeness (QED) is 0.442. The molecule has 2 rings (SSSR count). The van der Waals surface area contributed by atoms with Crippen molar-refractivity contribution >= 4 is 6.09 Å². The second kappa shape index (κ2) is 9.06. The van der Waals surface area contributed by atoms with Crippen LogP contribution in [0.4, 0.5) is 4.79 Å². The summed E-state index contributed by atoms with van der Waals surface area (Å²) in [6.07, 6.45) is 4.08. The van der Waals surface area contributed by atoms with E-state index in [0.717, 1.165) is 25.8 Å². The maximum absolute atomic E-state index is 12.3. The smallest absolute Gasteiger partial charge is 0.410 e. The first-order chi connectivity index (χ1) is 10.9. The normalized spacial score (nSPS) is 17.5. The first-order valence-electron chi connectivity index (χ1n) is 7.89. The number of carbonyl (C=O) groups excluding carboxylic acids is 1. The van der Waals surface area contributed by atoms with Crippen molar-refractivity contribution in [1.29, 1.82) is 0 Å². The molecule has 6 heteroatoms. The number of rotatable bonds is 2. The Labute approximate surface area is 137 Å². The number of nitrogens with zero attached hydrogens (tertiary/aromatic N) is 4. The maximum Gasteiger partial charge on any atom is 0.410 e. The highest BCUT2D eigenvalue weighted by molar-refractivity contribution is 5.68. The molecule has 1 atom stereocenters. The van der Waals surface area contributed by atoms with Gasteiger partial charge in [0.25, 0.3) is 0 Å². The summed E-state index contributed by atoms with van der Waals surface area (Å²) >= 11 is 0. The molecule has 1 saturated heterocycles. The predicted molar refractivity (Wildman–Crippen MR) is 90.8 cm³/mol. The van der Waals surface area contributed by atoms with Crippen LogP contribution in [-0.2, 0) is 11.2 Å². The van der Waals surface area contributed by atoms with Crippen molar-refractivity contribution in [2.24, 2.45) is 0 Å². The minimum Gasteiger partial charge on any atom is -0.444 e. The molecule has 1 unspecified atom stereocenters. The SMILES string of the molecule is CC(C)(C)OC(=O)N1CCCCC1Cc1ccccc1.[N-]=[N+]=[N-]. The van der Waals surface area contributed by atoms with Gasteiger partial charge in [-0.25, -0.2) is 4.79 Å². The highest BCUT2D eigenvalue weighted by Gasteiger charge is 2.30. The van der Waals surface area contributed by atoms with E-state index in [1.54, 1.807) is 0 Å². The molecule has 1 aliphatic heterocycles. The van der Waals surface area contributed by atoms with E-state index in [0.29, 0.717) is 0 Å². The molecule has 1 aromatic rings. The van der Waals surface area contributed by atoms with Crippen molar-refractivity contribution in [2.45, 2.75) is 58.1 Å². The Balaban J connectivity index is 0.000000816. The zero-order valence-electron chi connectivity index (χ0n) is 14.1. The van der Waals surface area contributed by atoms with Crippen LogP contribution in [0.1, 0.15) is 45.6 Å². The monoisotopic (exact) mass is 317 g/mol. The van der Waals surface area contributed by atoms with Gasteiger partial charge in [0.2, 0.25) is 0 Å². The van der Waals surface area contributed by atoms with Crippen LogP contribution in [-0.4, -0.2) is 29.2 Å². The van der Waals surface area contributed by atoms with E-state index in [-0.39, 0.29) is 12.1 Å². The van der Waals surface area contributed by atoms with Gasteiger partial charge < -0.3 is 20.7 Å². The molecular formula is C17H25N4O2-. The largest absolute Gasteiger partial charge is 0.444 e. The van der Waals surface area contributed by atoms with Crippen molar-refractivity contribution in [2.75, 3.05) is 6.54 Å². The van der Waals surface area contributed by atoms with Gasteiger partial charge >= 0.3 is 6.09 Å². The molecule has 0 radical (unpaired) electrons. The predicted octanol–water partition coefficient (Wildman–Crippen LogP) is 4.88. The van der Waals surface area contributed by atoms with Crippen molar-refractivity contribution in [3.63, 3.8) is 0 Å². The Bertz CT molecular complexity index is 519. The molecule has 0 bridgehead atoms. The summed E-state index contributed by atoms with van der Waals surface area (Å²) in [5, 5.41) is 0. The molecule has 126 valence electrons. The Morgan fingerprint density at radius 1 is 1.26 bits per heavy atom. The number of piperidine rings is 1. The van der Waals surface area contributed by atoms with E-state index in [1.807, 2.05) is 31.7 Å². The molecule has 1 aromatic carbocycles. The Morgan fingerprint density at radius 2 is 1.87 bits per heavy atom. The van der Waals surface area contributed by atoms with Gasteiger partial charge in [0, 0.05) is 12.6 Å². The zero-order chi connectivity index (χ0) is 17.3. The summed E-state index contributed by atoms with van der Waals surface area (Å²) in [6.45, 7) is 6.57. The zero-order valence-corrected chi connectivity index (χ0v) is 14.1. The fraction of sp³-hybridized carbons (Fsp3) is 0.588. The van der Waals surface area contributed by atoms with Crippen LogP contribution in [0, 0.1) is 0 Å². The molecule has 0 aliphatic carbocycles. The number of likely N-dealkylation sites (tertiary alicyclic amines) is 1. The lowest BCUT2D eigenvalue weighted by atomic mass is 9.96. The van der Waals surface area contributed by atoms with Crippen molar-refractivity contribution in [3.8, 4) is 0 Å². The van der Waals surface area contributed by atoms with Crippen LogP contribution < -0.4 is 0 Å². The van der Waals surface area contributed by atoms with Crippen LogP contribution in [0.2, 0.25) is 0 Å². The second-order valence-corrected chi connectivity index (χ2v) is 6.60. The van der Waals surface area contributed by atoms with Crippen LogP contribution >= 0.6 is 0 Å². The van der Waals surface area contributed by atoms with E-state index >= 15 is 0 Å². The van der Waals surface area contributed by atoms with Gasteiger partial charge in [0.05, 0.1) is 0 Å².